The van der Waals surface area contributed by atoms with Crippen molar-refractivity contribution < 1.29 is 14.3 Å². The van der Waals surface area contributed by atoms with Crippen molar-refractivity contribution in [3.8, 4) is 5.75 Å². The van der Waals surface area contributed by atoms with Crippen LogP contribution in [0, 0.1) is 6.92 Å². The van der Waals surface area contributed by atoms with E-state index in [0.717, 1.165) is 11.3 Å². The molecule has 1 aromatic heterocycles. The predicted octanol–water partition coefficient (Wildman–Crippen LogP) is 2.03. The normalized spacial score (nSPS) is 19.1. The van der Waals surface area contributed by atoms with Crippen molar-refractivity contribution in [2.45, 2.75) is 31.3 Å². The van der Waals surface area contributed by atoms with Crippen LogP contribution < -0.4 is 10.3 Å². The first-order valence-electron chi connectivity index (χ1n) is 9.76. The fourth-order valence-electron chi connectivity index (χ4n) is 4.08. The van der Waals surface area contributed by atoms with Gasteiger partial charge in [0.15, 0.2) is 0 Å². The maximum absolute atomic E-state index is 13.4. The van der Waals surface area contributed by atoms with Crippen molar-refractivity contribution in [3.05, 3.63) is 64.1 Å². The van der Waals surface area contributed by atoms with E-state index in [9.17, 15) is 9.59 Å². The van der Waals surface area contributed by atoms with Crippen molar-refractivity contribution in [1.82, 2.24) is 9.47 Å². The summed E-state index contributed by atoms with van der Waals surface area (Å²) in [6, 6.07) is 13.4. The number of rotatable bonds is 4. The van der Waals surface area contributed by atoms with E-state index >= 15 is 0 Å². The summed E-state index contributed by atoms with van der Waals surface area (Å²) in [7, 11) is 1.74. The Kier molecular flexibility index (Phi) is 4.98. The fraction of sp³-hybridized carbons (Fsp3) is 0.455. The molecular weight excluding hydrogens is 356 g/mol. The zero-order valence-corrected chi connectivity index (χ0v) is 16.4. The number of hydrogen-bond donors (Lipinski definition) is 0. The standard InChI is InChI=1S/C22H26N2O4/c1-16-12-18(13-20(25)23(16)2)28-19-14-24(15-19)21(26)22(8-10-27-11-9-22)17-6-4-3-5-7-17/h3-7,12-13,19H,8-11,14-15H2,1-2H3. The zero-order chi connectivity index (χ0) is 19.7. The number of nitrogens with zero attached hydrogens (tertiary/aromatic N) is 2. The van der Waals surface area contributed by atoms with Crippen molar-refractivity contribution >= 4 is 5.91 Å². The van der Waals surface area contributed by atoms with E-state index in [1.807, 2.05) is 48.2 Å². The van der Waals surface area contributed by atoms with Gasteiger partial charge in [-0.25, -0.2) is 0 Å². The van der Waals surface area contributed by atoms with Gasteiger partial charge in [-0.15, -0.1) is 0 Å². The third-order valence-electron chi connectivity index (χ3n) is 6.00. The summed E-state index contributed by atoms with van der Waals surface area (Å²) in [5, 5.41) is 0. The number of hydrogen-bond acceptors (Lipinski definition) is 4. The number of amides is 1. The average molecular weight is 382 g/mol. The Morgan fingerprint density at radius 1 is 1.14 bits per heavy atom. The van der Waals surface area contributed by atoms with E-state index in [4.69, 9.17) is 9.47 Å². The summed E-state index contributed by atoms with van der Waals surface area (Å²) in [5.41, 5.74) is 1.31. The van der Waals surface area contributed by atoms with Gasteiger partial charge in [0.25, 0.3) is 5.56 Å². The van der Waals surface area contributed by atoms with Crippen LogP contribution in [0.2, 0.25) is 0 Å². The van der Waals surface area contributed by atoms with Gasteiger partial charge in [-0.3, -0.25) is 9.59 Å². The average Bonchev–Trinajstić information content (AvgIpc) is 2.69. The second kappa shape index (κ2) is 7.43. The van der Waals surface area contributed by atoms with Crippen molar-refractivity contribution in [2.24, 2.45) is 7.05 Å². The molecule has 2 aliphatic heterocycles. The van der Waals surface area contributed by atoms with E-state index in [2.05, 4.69) is 0 Å². The first kappa shape index (κ1) is 18.7. The van der Waals surface area contributed by atoms with Gasteiger partial charge >= 0.3 is 0 Å². The minimum atomic E-state index is -0.510. The molecule has 0 N–H and O–H groups in total. The third-order valence-corrected chi connectivity index (χ3v) is 6.00. The molecule has 0 bridgehead atoms. The van der Waals surface area contributed by atoms with Gasteiger partial charge in [0.05, 0.1) is 18.5 Å². The van der Waals surface area contributed by atoms with E-state index in [1.54, 1.807) is 11.6 Å². The monoisotopic (exact) mass is 382 g/mol. The Bertz CT molecular complexity index is 910. The molecule has 0 aliphatic carbocycles. The Morgan fingerprint density at radius 2 is 1.82 bits per heavy atom. The quantitative estimate of drug-likeness (QED) is 0.812. The van der Waals surface area contributed by atoms with E-state index in [1.165, 1.54) is 6.07 Å². The minimum Gasteiger partial charge on any atom is -0.486 e. The number of carbonyl (C=O) groups excluding carboxylic acids is 1. The molecule has 6 nitrogen and oxygen atoms in total. The number of likely N-dealkylation sites (tertiary alicyclic amines) is 1. The lowest BCUT2D eigenvalue weighted by molar-refractivity contribution is -0.150. The molecule has 3 heterocycles. The zero-order valence-electron chi connectivity index (χ0n) is 16.4. The molecule has 2 aliphatic rings. The molecule has 6 heteroatoms. The van der Waals surface area contributed by atoms with Gasteiger partial charge < -0.3 is 18.9 Å². The molecule has 2 fully saturated rings. The largest absolute Gasteiger partial charge is 0.486 e. The topological polar surface area (TPSA) is 60.8 Å². The van der Waals surface area contributed by atoms with Crippen LogP contribution in [0.25, 0.3) is 0 Å². The van der Waals surface area contributed by atoms with Crippen molar-refractivity contribution in [3.63, 3.8) is 0 Å². The van der Waals surface area contributed by atoms with Crippen LogP contribution in [0.4, 0.5) is 0 Å². The van der Waals surface area contributed by atoms with Gasteiger partial charge in [0.1, 0.15) is 11.9 Å². The number of benzene rings is 1. The fourth-order valence-corrected chi connectivity index (χ4v) is 4.08. The van der Waals surface area contributed by atoms with Crippen LogP contribution in [-0.2, 0) is 22.0 Å². The van der Waals surface area contributed by atoms with Crippen molar-refractivity contribution in [1.29, 1.82) is 0 Å². The Labute approximate surface area is 164 Å². The van der Waals surface area contributed by atoms with Crippen LogP contribution in [0.5, 0.6) is 5.75 Å². The molecule has 1 amide bonds. The van der Waals surface area contributed by atoms with Crippen LogP contribution in [0.1, 0.15) is 24.1 Å². The summed E-state index contributed by atoms with van der Waals surface area (Å²) in [4.78, 5) is 27.2. The Hall–Kier alpha value is -2.60. The summed E-state index contributed by atoms with van der Waals surface area (Å²) in [5.74, 6) is 0.726. The minimum absolute atomic E-state index is 0.0804. The van der Waals surface area contributed by atoms with E-state index in [-0.39, 0.29) is 17.6 Å². The molecule has 28 heavy (non-hydrogen) atoms. The first-order chi connectivity index (χ1) is 13.5. The van der Waals surface area contributed by atoms with Gasteiger partial charge in [-0.05, 0) is 31.4 Å². The molecular formula is C22H26N2O4. The number of pyridine rings is 1. The maximum atomic E-state index is 13.4. The summed E-state index contributed by atoms with van der Waals surface area (Å²) < 4.78 is 13.1. The summed E-state index contributed by atoms with van der Waals surface area (Å²) in [6.07, 6.45) is 1.32. The highest BCUT2D eigenvalue weighted by Crippen LogP contribution is 2.38. The van der Waals surface area contributed by atoms with Crippen LogP contribution >= 0.6 is 0 Å². The highest BCUT2D eigenvalue weighted by Gasteiger charge is 2.47. The first-order valence-corrected chi connectivity index (χ1v) is 9.76. The molecule has 2 aromatic rings. The van der Waals surface area contributed by atoms with Gasteiger partial charge in [-0.1, -0.05) is 30.3 Å². The molecule has 1 aromatic carbocycles. The van der Waals surface area contributed by atoms with Gasteiger partial charge in [0.2, 0.25) is 5.91 Å². The molecule has 0 atom stereocenters. The van der Waals surface area contributed by atoms with E-state index < -0.39 is 5.41 Å². The molecule has 2 saturated heterocycles. The number of aryl methyl sites for hydroxylation is 1. The highest BCUT2D eigenvalue weighted by atomic mass is 16.5. The molecule has 4 rings (SSSR count). The molecule has 0 saturated carbocycles. The second-order valence-corrected chi connectivity index (χ2v) is 7.74. The summed E-state index contributed by atoms with van der Waals surface area (Å²) >= 11 is 0. The smallest absolute Gasteiger partial charge is 0.254 e. The van der Waals surface area contributed by atoms with Gasteiger partial charge in [0, 0.05) is 32.0 Å². The van der Waals surface area contributed by atoms with Crippen LogP contribution in [0.3, 0.4) is 0 Å². The van der Waals surface area contributed by atoms with Crippen LogP contribution in [-0.4, -0.2) is 47.8 Å². The number of ether oxygens (including phenoxy) is 2. The Balaban J connectivity index is 1.46. The van der Waals surface area contributed by atoms with Gasteiger partial charge in [-0.2, -0.15) is 0 Å². The number of carbonyl (C=O) groups is 1. The molecule has 0 spiro atoms. The lowest BCUT2D eigenvalue weighted by atomic mass is 9.72. The summed E-state index contributed by atoms with van der Waals surface area (Å²) in [6.45, 7) is 4.16. The predicted molar refractivity (Wildman–Crippen MR) is 106 cm³/mol. The lowest BCUT2D eigenvalue weighted by Crippen LogP contribution is -2.61. The molecule has 0 unspecified atom stereocenters. The second-order valence-electron chi connectivity index (χ2n) is 7.74. The third kappa shape index (κ3) is 3.33. The molecule has 148 valence electrons. The Morgan fingerprint density at radius 3 is 2.46 bits per heavy atom. The van der Waals surface area contributed by atoms with Crippen molar-refractivity contribution in [2.75, 3.05) is 26.3 Å². The SMILES string of the molecule is Cc1cc(OC2CN(C(=O)C3(c4ccccc4)CCOCC3)C2)cc(=O)n1C. The molecule has 0 radical (unpaired) electrons. The van der Waals surface area contributed by atoms with E-state index in [0.29, 0.717) is 44.9 Å². The highest BCUT2D eigenvalue weighted by molar-refractivity contribution is 5.89. The lowest BCUT2D eigenvalue weighted by Gasteiger charge is -2.46. The number of aromatic nitrogens is 1. The maximum Gasteiger partial charge on any atom is 0.254 e. The van der Waals surface area contributed by atoms with Crippen LogP contribution in [0.15, 0.2) is 47.3 Å².